The number of anilines is 1. The fourth-order valence-corrected chi connectivity index (χ4v) is 5.76. The van der Waals surface area contributed by atoms with Crippen LogP contribution in [0.5, 0.6) is 0 Å². The van der Waals surface area contributed by atoms with Crippen LogP contribution in [0.4, 0.5) is 10.1 Å². The zero-order chi connectivity index (χ0) is 21.3. The maximum absolute atomic E-state index is 13.2. The van der Waals surface area contributed by atoms with Crippen LogP contribution in [0.25, 0.3) is 0 Å². The first kappa shape index (κ1) is 20.9. The Hall–Kier alpha value is -2.39. The van der Waals surface area contributed by atoms with E-state index >= 15 is 0 Å². The van der Waals surface area contributed by atoms with Gasteiger partial charge in [-0.25, -0.2) is 12.8 Å². The van der Waals surface area contributed by atoms with E-state index in [1.165, 1.54) is 22.5 Å². The lowest BCUT2D eigenvalue weighted by molar-refractivity contribution is 0.0733. The number of sulfonamides is 1. The highest BCUT2D eigenvalue weighted by Gasteiger charge is 2.33. The highest BCUT2D eigenvalue weighted by molar-refractivity contribution is 7.89. The number of halogens is 1. The minimum Gasteiger partial charge on any atom is -0.455 e. The largest absolute Gasteiger partial charge is 0.455 e. The van der Waals surface area contributed by atoms with E-state index in [0.29, 0.717) is 32.7 Å². The number of rotatable bonds is 4. The Morgan fingerprint density at radius 2 is 1.67 bits per heavy atom. The number of furan rings is 1. The van der Waals surface area contributed by atoms with Crippen molar-refractivity contribution in [3.8, 4) is 0 Å². The summed E-state index contributed by atoms with van der Waals surface area (Å²) in [6.45, 7) is 4.97. The van der Waals surface area contributed by atoms with Crippen molar-refractivity contribution in [1.29, 1.82) is 0 Å². The van der Waals surface area contributed by atoms with Crippen molar-refractivity contribution in [2.24, 2.45) is 0 Å². The van der Waals surface area contributed by atoms with Crippen molar-refractivity contribution >= 4 is 21.6 Å². The Kier molecular flexibility index (Phi) is 5.84. The fraction of sp³-hybridized carbons (Fsp3) is 0.476. The van der Waals surface area contributed by atoms with Crippen LogP contribution in [0, 0.1) is 12.7 Å². The number of hydrogen-bond donors (Lipinski definition) is 0. The molecule has 0 spiro atoms. The molecule has 0 aliphatic carbocycles. The predicted molar refractivity (Wildman–Crippen MR) is 111 cm³/mol. The number of amides is 1. The molecule has 0 radical (unpaired) electrons. The van der Waals surface area contributed by atoms with Crippen molar-refractivity contribution in [2.45, 2.75) is 31.1 Å². The molecule has 1 amide bonds. The quantitative estimate of drug-likeness (QED) is 0.738. The van der Waals surface area contributed by atoms with Crippen molar-refractivity contribution in [3.05, 3.63) is 47.7 Å². The molecule has 30 heavy (non-hydrogen) atoms. The molecule has 9 heteroatoms. The Morgan fingerprint density at radius 1 is 0.967 bits per heavy atom. The summed E-state index contributed by atoms with van der Waals surface area (Å²) in [7, 11) is -3.64. The molecule has 0 unspecified atom stereocenters. The van der Waals surface area contributed by atoms with E-state index in [2.05, 4.69) is 4.90 Å². The van der Waals surface area contributed by atoms with Crippen LogP contribution in [0.1, 0.15) is 35.6 Å². The summed E-state index contributed by atoms with van der Waals surface area (Å²) in [5, 5.41) is 0. The molecule has 2 saturated heterocycles. The van der Waals surface area contributed by atoms with Gasteiger partial charge in [0.2, 0.25) is 10.0 Å². The van der Waals surface area contributed by atoms with E-state index in [-0.39, 0.29) is 28.1 Å². The Balaban J connectivity index is 1.48. The van der Waals surface area contributed by atoms with Gasteiger partial charge in [0, 0.05) is 51.0 Å². The molecule has 0 atom stereocenters. The molecule has 0 N–H and O–H groups in total. The van der Waals surface area contributed by atoms with E-state index in [0.717, 1.165) is 31.5 Å². The van der Waals surface area contributed by atoms with Crippen LogP contribution in [-0.2, 0) is 10.0 Å². The Morgan fingerprint density at radius 3 is 2.37 bits per heavy atom. The highest BCUT2D eigenvalue weighted by atomic mass is 32.2. The molecule has 3 heterocycles. The average Bonchev–Trinajstić information content (AvgIpc) is 3.34. The molecule has 0 bridgehead atoms. The first-order valence-corrected chi connectivity index (χ1v) is 11.7. The monoisotopic (exact) mass is 435 g/mol. The third kappa shape index (κ3) is 4.09. The standard InChI is InChI=1S/C21H26FN3O4S/c1-16-20(30(27,28)25-11-2-3-12-25)15-19(29-16)21(26)24-10-4-9-23(13-14-24)18-7-5-17(22)6-8-18/h5-8,15H,2-4,9-14H2,1H3. The normalized spacial score (nSPS) is 18.6. The molecule has 2 fully saturated rings. The van der Waals surface area contributed by atoms with Gasteiger partial charge in [0.15, 0.2) is 5.76 Å². The average molecular weight is 436 g/mol. The highest BCUT2D eigenvalue weighted by Crippen LogP contribution is 2.27. The van der Waals surface area contributed by atoms with Crippen LogP contribution >= 0.6 is 0 Å². The Bertz CT molecular complexity index is 1010. The third-order valence-electron chi connectivity index (χ3n) is 5.74. The second kappa shape index (κ2) is 8.39. The van der Waals surface area contributed by atoms with Crippen LogP contribution in [0.15, 0.2) is 39.6 Å². The number of benzene rings is 1. The molecule has 2 aliphatic heterocycles. The van der Waals surface area contributed by atoms with Crippen molar-refractivity contribution in [1.82, 2.24) is 9.21 Å². The van der Waals surface area contributed by atoms with Gasteiger partial charge >= 0.3 is 0 Å². The summed E-state index contributed by atoms with van der Waals surface area (Å²) in [6.07, 6.45) is 2.45. The van der Waals surface area contributed by atoms with E-state index in [9.17, 15) is 17.6 Å². The molecule has 4 rings (SSSR count). The fourth-order valence-electron chi connectivity index (χ4n) is 4.08. The molecule has 1 aromatic carbocycles. The maximum Gasteiger partial charge on any atom is 0.289 e. The lowest BCUT2D eigenvalue weighted by Crippen LogP contribution is -2.35. The van der Waals surface area contributed by atoms with Gasteiger partial charge in [-0.2, -0.15) is 4.31 Å². The summed E-state index contributed by atoms with van der Waals surface area (Å²) in [6, 6.07) is 7.69. The summed E-state index contributed by atoms with van der Waals surface area (Å²) >= 11 is 0. The van der Waals surface area contributed by atoms with Crippen LogP contribution in [0.3, 0.4) is 0 Å². The molecular weight excluding hydrogens is 409 g/mol. The molecule has 1 aromatic heterocycles. The SMILES string of the molecule is Cc1oc(C(=O)N2CCCN(c3ccc(F)cc3)CC2)cc1S(=O)(=O)N1CCCC1. The van der Waals surface area contributed by atoms with Gasteiger partial charge in [0.1, 0.15) is 16.5 Å². The van der Waals surface area contributed by atoms with Gasteiger partial charge in [-0.05, 0) is 50.5 Å². The topological polar surface area (TPSA) is 74.1 Å². The van der Waals surface area contributed by atoms with Gasteiger partial charge in [-0.3, -0.25) is 4.79 Å². The number of aryl methyl sites for hydroxylation is 1. The van der Waals surface area contributed by atoms with Crippen LogP contribution in [0.2, 0.25) is 0 Å². The predicted octanol–water partition coefficient (Wildman–Crippen LogP) is 2.86. The number of carbonyl (C=O) groups excluding carboxylic acids is 1. The molecular formula is C21H26FN3O4S. The summed E-state index contributed by atoms with van der Waals surface area (Å²) in [4.78, 5) is 16.9. The number of carbonyl (C=O) groups is 1. The van der Waals surface area contributed by atoms with Gasteiger partial charge in [0.25, 0.3) is 5.91 Å². The zero-order valence-corrected chi connectivity index (χ0v) is 17.8. The van der Waals surface area contributed by atoms with Gasteiger partial charge in [-0.15, -0.1) is 0 Å². The maximum atomic E-state index is 13.2. The van der Waals surface area contributed by atoms with E-state index < -0.39 is 10.0 Å². The molecule has 162 valence electrons. The second-order valence-electron chi connectivity index (χ2n) is 7.75. The first-order chi connectivity index (χ1) is 14.4. The van der Waals surface area contributed by atoms with E-state index in [1.807, 2.05) is 0 Å². The molecule has 0 saturated carbocycles. The van der Waals surface area contributed by atoms with Crippen molar-refractivity contribution in [3.63, 3.8) is 0 Å². The zero-order valence-electron chi connectivity index (χ0n) is 17.0. The molecule has 2 aromatic rings. The van der Waals surface area contributed by atoms with Gasteiger partial charge in [-0.1, -0.05) is 0 Å². The molecule has 2 aliphatic rings. The van der Waals surface area contributed by atoms with Gasteiger partial charge < -0.3 is 14.2 Å². The summed E-state index contributed by atoms with van der Waals surface area (Å²) in [5.41, 5.74) is 0.915. The minimum absolute atomic E-state index is 0.0560. The summed E-state index contributed by atoms with van der Waals surface area (Å²) in [5.74, 6) is -0.284. The molecule has 7 nitrogen and oxygen atoms in total. The van der Waals surface area contributed by atoms with Gasteiger partial charge in [0.05, 0.1) is 0 Å². The number of hydrogen-bond acceptors (Lipinski definition) is 5. The number of nitrogens with zero attached hydrogens (tertiary/aromatic N) is 3. The summed E-state index contributed by atoms with van der Waals surface area (Å²) < 4.78 is 45.9. The van der Waals surface area contributed by atoms with E-state index in [1.54, 1.807) is 24.0 Å². The van der Waals surface area contributed by atoms with Crippen molar-refractivity contribution in [2.75, 3.05) is 44.2 Å². The lowest BCUT2D eigenvalue weighted by Gasteiger charge is -2.23. The lowest BCUT2D eigenvalue weighted by atomic mass is 10.2. The minimum atomic E-state index is -3.64. The smallest absolute Gasteiger partial charge is 0.289 e. The Labute approximate surface area is 176 Å². The van der Waals surface area contributed by atoms with E-state index in [4.69, 9.17) is 4.42 Å². The first-order valence-electron chi connectivity index (χ1n) is 10.3. The second-order valence-corrected chi connectivity index (χ2v) is 9.66. The van der Waals surface area contributed by atoms with Crippen molar-refractivity contribution < 1.29 is 22.0 Å². The third-order valence-corrected chi connectivity index (χ3v) is 7.75. The van der Waals surface area contributed by atoms with Crippen LogP contribution < -0.4 is 4.90 Å². The van der Waals surface area contributed by atoms with Crippen LogP contribution in [-0.4, -0.2) is 62.8 Å².